The molecule has 21 heavy (non-hydrogen) atoms. The molecule has 0 radical (unpaired) electrons. The summed E-state index contributed by atoms with van der Waals surface area (Å²) in [6.07, 6.45) is 1.89. The van der Waals surface area contributed by atoms with Gasteiger partial charge in [0, 0.05) is 17.6 Å². The third-order valence-corrected chi connectivity index (χ3v) is 3.82. The van der Waals surface area contributed by atoms with Crippen molar-refractivity contribution in [2.45, 2.75) is 6.54 Å². The number of nitro benzene ring substituents is 1. The number of nitrogens with zero attached hydrogens (tertiary/aromatic N) is 3. The first-order chi connectivity index (χ1) is 10.2. The number of aromatic nitrogens is 2. The zero-order valence-corrected chi connectivity index (χ0v) is 12.0. The number of para-hydroxylation sites is 2. The van der Waals surface area contributed by atoms with Crippen LogP contribution in [0.1, 0.15) is 5.69 Å². The summed E-state index contributed by atoms with van der Waals surface area (Å²) in [4.78, 5) is 15.8. The van der Waals surface area contributed by atoms with Gasteiger partial charge in [0.05, 0.1) is 18.6 Å². The monoisotopic (exact) mass is 304 g/mol. The summed E-state index contributed by atoms with van der Waals surface area (Å²) >= 11 is 1.50. The lowest BCUT2D eigenvalue weighted by atomic mass is 10.2. The highest BCUT2D eigenvalue weighted by Gasteiger charge is 2.16. The maximum absolute atomic E-state index is 11.0. The van der Waals surface area contributed by atoms with E-state index in [1.54, 1.807) is 25.3 Å². The quantitative estimate of drug-likeness (QED) is 0.579. The molecule has 8 heteroatoms. The molecule has 0 amide bonds. The van der Waals surface area contributed by atoms with Gasteiger partial charge in [-0.15, -0.1) is 11.3 Å². The highest BCUT2D eigenvalue weighted by Crippen LogP contribution is 2.27. The van der Waals surface area contributed by atoms with Crippen molar-refractivity contribution >= 4 is 27.7 Å². The number of thiazole rings is 1. The van der Waals surface area contributed by atoms with Gasteiger partial charge in [0.25, 0.3) is 5.69 Å². The van der Waals surface area contributed by atoms with Crippen molar-refractivity contribution in [2.24, 2.45) is 0 Å². The second kappa shape index (κ2) is 5.41. The highest BCUT2D eigenvalue weighted by molar-refractivity contribution is 7.15. The third-order valence-electron chi connectivity index (χ3n) is 3.06. The standard InChI is InChI=1S/C13H12N4O3S/c1-20-12-11(16-6-7-21-13(16)15-12)8-14-9-4-2-3-5-10(9)17(18)19/h2-7,14H,8H2,1H3. The van der Waals surface area contributed by atoms with Crippen molar-refractivity contribution in [2.75, 3.05) is 12.4 Å². The largest absolute Gasteiger partial charge is 0.480 e. The van der Waals surface area contributed by atoms with E-state index in [4.69, 9.17) is 4.74 Å². The molecule has 1 aromatic carbocycles. The lowest BCUT2D eigenvalue weighted by Crippen LogP contribution is -2.05. The summed E-state index contributed by atoms with van der Waals surface area (Å²) in [5, 5.41) is 16.0. The van der Waals surface area contributed by atoms with Crippen LogP contribution in [0.3, 0.4) is 0 Å². The van der Waals surface area contributed by atoms with E-state index in [9.17, 15) is 10.1 Å². The number of hydrogen-bond acceptors (Lipinski definition) is 6. The second-order valence-corrected chi connectivity index (χ2v) is 5.12. The van der Waals surface area contributed by atoms with E-state index in [1.165, 1.54) is 17.4 Å². The first kappa shape index (κ1) is 13.4. The van der Waals surface area contributed by atoms with Gasteiger partial charge in [-0.1, -0.05) is 12.1 Å². The Balaban J connectivity index is 1.90. The van der Waals surface area contributed by atoms with Crippen LogP contribution in [0.5, 0.6) is 5.88 Å². The van der Waals surface area contributed by atoms with Crippen LogP contribution in [-0.4, -0.2) is 21.4 Å². The van der Waals surface area contributed by atoms with E-state index in [2.05, 4.69) is 10.3 Å². The van der Waals surface area contributed by atoms with E-state index in [0.717, 1.165) is 10.7 Å². The Morgan fingerprint density at radius 3 is 3.05 bits per heavy atom. The minimum Gasteiger partial charge on any atom is -0.480 e. The van der Waals surface area contributed by atoms with Gasteiger partial charge >= 0.3 is 0 Å². The summed E-state index contributed by atoms with van der Waals surface area (Å²) < 4.78 is 7.16. The molecule has 0 aliphatic heterocycles. The van der Waals surface area contributed by atoms with Gasteiger partial charge in [0.2, 0.25) is 5.88 Å². The SMILES string of the molecule is COc1nc2sccn2c1CNc1ccccc1[N+](=O)[O-]. The lowest BCUT2D eigenvalue weighted by Gasteiger charge is -2.07. The zero-order valence-electron chi connectivity index (χ0n) is 11.1. The van der Waals surface area contributed by atoms with Crippen LogP contribution in [0.2, 0.25) is 0 Å². The van der Waals surface area contributed by atoms with Crippen LogP contribution in [0.15, 0.2) is 35.8 Å². The van der Waals surface area contributed by atoms with Gasteiger partial charge in [-0.3, -0.25) is 14.5 Å². The Morgan fingerprint density at radius 2 is 2.29 bits per heavy atom. The van der Waals surface area contributed by atoms with Gasteiger partial charge in [-0.25, -0.2) is 0 Å². The molecule has 0 atom stereocenters. The minimum atomic E-state index is -0.407. The Morgan fingerprint density at radius 1 is 1.48 bits per heavy atom. The van der Waals surface area contributed by atoms with Crippen LogP contribution in [0.25, 0.3) is 4.96 Å². The molecule has 3 rings (SSSR count). The predicted molar refractivity (Wildman–Crippen MR) is 80.0 cm³/mol. The number of nitro groups is 1. The van der Waals surface area contributed by atoms with Crippen molar-refractivity contribution in [3.63, 3.8) is 0 Å². The summed E-state index contributed by atoms with van der Waals surface area (Å²) in [6, 6.07) is 6.54. The average molecular weight is 304 g/mol. The normalized spacial score (nSPS) is 10.7. The lowest BCUT2D eigenvalue weighted by molar-refractivity contribution is -0.384. The Bertz CT molecular complexity index is 796. The fraction of sp³-hybridized carbons (Fsp3) is 0.154. The number of fused-ring (bicyclic) bond motifs is 1. The van der Waals surface area contributed by atoms with E-state index >= 15 is 0 Å². The summed E-state index contributed by atoms with van der Waals surface area (Å²) in [5.41, 5.74) is 1.34. The second-order valence-electron chi connectivity index (χ2n) is 4.25. The number of hydrogen-bond donors (Lipinski definition) is 1. The van der Waals surface area contributed by atoms with E-state index in [0.29, 0.717) is 18.1 Å². The molecule has 108 valence electrons. The van der Waals surface area contributed by atoms with E-state index in [-0.39, 0.29) is 5.69 Å². The molecule has 2 aromatic heterocycles. The Hall–Kier alpha value is -2.61. The Kier molecular flexibility index (Phi) is 3.44. The summed E-state index contributed by atoms with van der Waals surface area (Å²) in [6.45, 7) is 0.381. The number of ether oxygens (including phenoxy) is 1. The molecule has 0 unspecified atom stereocenters. The fourth-order valence-electron chi connectivity index (χ4n) is 2.10. The maximum atomic E-state index is 11.0. The van der Waals surface area contributed by atoms with Crippen LogP contribution < -0.4 is 10.1 Å². The molecule has 0 bridgehead atoms. The predicted octanol–water partition coefficient (Wildman–Crippen LogP) is 2.92. The van der Waals surface area contributed by atoms with Gasteiger partial charge in [0.15, 0.2) is 4.96 Å². The Labute approximate surface area is 124 Å². The number of rotatable bonds is 5. The zero-order chi connectivity index (χ0) is 14.8. The van der Waals surface area contributed by atoms with Crippen LogP contribution in [-0.2, 0) is 6.54 Å². The molecule has 0 saturated heterocycles. The van der Waals surface area contributed by atoms with Gasteiger partial charge in [-0.2, -0.15) is 4.98 Å². The molecular weight excluding hydrogens is 292 g/mol. The van der Waals surface area contributed by atoms with Gasteiger partial charge in [0.1, 0.15) is 11.4 Å². The average Bonchev–Trinajstić information content (AvgIpc) is 3.06. The third kappa shape index (κ3) is 2.40. The number of benzene rings is 1. The van der Waals surface area contributed by atoms with Gasteiger partial charge < -0.3 is 10.1 Å². The van der Waals surface area contributed by atoms with Crippen LogP contribution in [0, 0.1) is 10.1 Å². The molecule has 1 N–H and O–H groups in total. The number of imidazole rings is 1. The van der Waals surface area contributed by atoms with E-state index in [1.807, 2.05) is 16.0 Å². The first-order valence-corrected chi connectivity index (χ1v) is 7.04. The van der Waals surface area contributed by atoms with Crippen molar-refractivity contribution in [1.82, 2.24) is 9.38 Å². The maximum Gasteiger partial charge on any atom is 0.292 e. The van der Waals surface area contributed by atoms with Crippen molar-refractivity contribution in [3.05, 3.63) is 51.7 Å². The molecule has 3 aromatic rings. The van der Waals surface area contributed by atoms with Gasteiger partial charge in [-0.05, 0) is 6.07 Å². The van der Waals surface area contributed by atoms with Crippen LogP contribution in [0.4, 0.5) is 11.4 Å². The fourth-order valence-corrected chi connectivity index (χ4v) is 2.82. The molecule has 0 spiro atoms. The molecule has 0 aliphatic carbocycles. The molecule has 0 fully saturated rings. The van der Waals surface area contributed by atoms with E-state index < -0.39 is 4.92 Å². The molecular formula is C13H12N4O3S. The summed E-state index contributed by atoms with van der Waals surface area (Å²) in [5.74, 6) is 0.521. The topological polar surface area (TPSA) is 81.7 Å². The molecule has 0 aliphatic rings. The van der Waals surface area contributed by atoms with Crippen molar-refractivity contribution in [3.8, 4) is 5.88 Å². The number of nitrogens with one attached hydrogen (secondary N) is 1. The smallest absolute Gasteiger partial charge is 0.292 e. The first-order valence-electron chi connectivity index (χ1n) is 6.16. The highest BCUT2D eigenvalue weighted by atomic mass is 32.1. The van der Waals surface area contributed by atoms with Crippen molar-refractivity contribution in [1.29, 1.82) is 0 Å². The minimum absolute atomic E-state index is 0.0440. The molecule has 0 saturated carbocycles. The van der Waals surface area contributed by atoms with Crippen LogP contribution >= 0.6 is 11.3 Å². The molecule has 7 nitrogen and oxygen atoms in total. The number of methoxy groups -OCH3 is 1. The number of anilines is 1. The van der Waals surface area contributed by atoms with Crippen molar-refractivity contribution < 1.29 is 9.66 Å². The molecule has 2 heterocycles. The summed E-state index contributed by atoms with van der Waals surface area (Å²) in [7, 11) is 1.56.